The minimum atomic E-state index is -0.0208. The van der Waals surface area contributed by atoms with E-state index >= 15 is 0 Å². The van der Waals surface area contributed by atoms with E-state index in [1.807, 2.05) is 41.3 Å². The number of urea groups is 1. The zero-order valence-electron chi connectivity index (χ0n) is 17.5. The molecule has 0 saturated carbocycles. The summed E-state index contributed by atoms with van der Waals surface area (Å²) < 4.78 is 5.24. The fraction of sp³-hybridized carbons (Fsp3) is 0.435. The van der Waals surface area contributed by atoms with Crippen molar-refractivity contribution in [3.63, 3.8) is 0 Å². The summed E-state index contributed by atoms with van der Waals surface area (Å²) in [6.07, 6.45) is 3.37. The smallest absolute Gasteiger partial charge is 0.321 e. The number of hydrogen-bond acceptors (Lipinski definition) is 5. The van der Waals surface area contributed by atoms with Crippen molar-refractivity contribution in [3.8, 4) is 5.75 Å². The monoisotopic (exact) mass is 409 g/mol. The molecule has 0 unspecified atom stereocenters. The van der Waals surface area contributed by atoms with E-state index < -0.39 is 0 Å². The molecule has 30 heavy (non-hydrogen) atoms. The number of ether oxygens (including phenoxy) is 1. The Morgan fingerprint density at radius 2 is 1.70 bits per heavy atom. The van der Waals surface area contributed by atoms with Gasteiger partial charge in [-0.2, -0.15) is 0 Å². The van der Waals surface area contributed by atoms with Gasteiger partial charge in [0.1, 0.15) is 12.0 Å². The van der Waals surface area contributed by atoms with Crippen LogP contribution >= 0.6 is 0 Å². The lowest BCUT2D eigenvalue weighted by atomic mass is 9.97. The molecule has 2 fully saturated rings. The van der Waals surface area contributed by atoms with E-state index in [1.54, 1.807) is 7.11 Å². The Kier molecular flexibility index (Phi) is 6.71. The number of anilines is 2. The first-order chi connectivity index (χ1) is 14.7. The third kappa shape index (κ3) is 5.23. The second kappa shape index (κ2) is 9.82. The van der Waals surface area contributed by atoms with Crippen molar-refractivity contribution >= 4 is 17.4 Å². The van der Waals surface area contributed by atoms with Crippen LogP contribution in [0, 0.1) is 0 Å². The number of rotatable bonds is 5. The van der Waals surface area contributed by atoms with Gasteiger partial charge in [0.15, 0.2) is 0 Å². The number of amides is 2. The van der Waals surface area contributed by atoms with Gasteiger partial charge in [0, 0.05) is 43.5 Å². The predicted molar refractivity (Wildman–Crippen MR) is 120 cm³/mol. The normalized spacial score (nSPS) is 21.7. The number of nitrogens with zero attached hydrogens (tertiary/aromatic N) is 1. The summed E-state index contributed by atoms with van der Waals surface area (Å²) in [4.78, 5) is 14.3. The zero-order chi connectivity index (χ0) is 20.8. The topological polar surface area (TPSA) is 77.7 Å². The molecular weight excluding hydrogens is 378 g/mol. The molecule has 160 valence electrons. The number of carbonyl (C=O) groups excluding carboxylic acids is 1. The van der Waals surface area contributed by atoms with Gasteiger partial charge >= 0.3 is 6.03 Å². The average Bonchev–Trinajstić information content (AvgIpc) is 2.80. The van der Waals surface area contributed by atoms with Gasteiger partial charge in [-0.15, -0.1) is 0 Å². The summed E-state index contributed by atoms with van der Waals surface area (Å²) in [6.45, 7) is 3.44. The molecule has 2 amide bonds. The van der Waals surface area contributed by atoms with Crippen molar-refractivity contribution in [2.45, 2.75) is 31.5 Å². The van der Waals surface area contributed by atoms with Crippen molar-refractivity contribution in [2.75, 3.05) is 43.9 Å². The van der Waals surface area contributed by atoms with Gasteiger partial charge in [0.25, 0.3) is 0 Å². The van der Waals surface area contributed by atoms with Crippen molar-refractivity contribution in [1.29, 1.82) is 0 Å². The van der Waals surface area contributed by atoms with Crippen LogP contribution < -0.4 is 26.0 Å². The fourth-order valence-electron chi connectivity index (χ4n) is 4.03. The molecule has 2 saturated heterocycles. The Morgan fingerprint density at radius 1 is 1.00 bits per heavy atom. The largest absolute Gasteiger partial charge is 0.497 e. The lowest BCUT2D eigenvalue weighted by molar-refractivity contribution is 0.200. The molecule has 2 aliphatic rings. The maximum Gasteiger partial charge on any atom is 0.321 e. The van der Waals surface area contributed by atoms with E-state index in [1.165, 1.54) is 12.0 Å². The van der Waals surface area contributed by atoms with Crippen LogP contribution in [0.3, 0.4) is 0 Å². The van der Waals surface area contributed by atoms with E-state index in [0.717, 1.165) is 56.1 Å². The SMILES string of the molecule is COc1ccc(C2CNC(Nc3cccc(NC(=O)N4CCCCC4)c3)NC2)cc1. The second-order valence-electron chi connectivity index (χ2n) is 7.92. The molecule has 0 spiro atoms. The maximum atomic E-state index is 12.4. The first-order valence-corrected chi connectivity index (χ1v) is 10.7. The quantitative estimate of drug-likeness (QED) is 0.609. The van der Waals surface area contributed by atoms with Gasteiger partial charge < -0.3 is 20.3 Å². The summed E-state index contributed by atoms with van der Waals surface area (Å²) in [5, 5.41) is 13.5. The number of benzene rings is 2. The van der Waals surface area contributed by atoms with Crippen LogP contribution in [-0.2, 0) is 0 Å². The van der Waals surface area contributed by atoms with E-state index in [0.29, 0.717) is 5.92 Å². The molecular formula is C23H31N5O2. The summed E-state index contributed by atoms with van der Waals surface area (Å²) in [7, 11) is 1.68. The average molecular weight is 410 g/mol. The molecule has 4 N–H and O–H groups in total. The van der Waals surface area contributed by atoms with Gasteiger partial charge in [-0.1, -0.05) is 18.2 Å². The van der Waals surface area contributed by atoms with Crippen LogP contribution in [-0.4, -0.2) is 50.5 Å². The highest BCUT2D eigenvalue weighted by molar-refractivity contribution is 5.89. The number of carbonyl (C=O) groups is 1. The van der Waals surface area contributed by atoms with E-state index in [2.05, 4.69) is 33.4 Å². The lowest BCUT2D eigenvalue weighted by Gasteiger charge is -2.32. The molecule has 0 aliphatic carbocycles. The number of methoxy groups -OCH3 is 1. The Balaban J connectivity index is 1.28. The second-order valence-corrected chi connectivity index (χ2v) is 7.92. The summed E-state index contributed by atoms with van der Waals surface area (Å²) in [5.41, 5.74) is 3.05. The minimum absolute atomic E-state index is 0.0110. The molecule has 2 heterocycles. The van der Waals surface area contributed by atoms with Crippen LogP contribution in [0.1, 0.15) is 30.7 Å². The third-order valence-electron chi connectivity index (χ3n) is 5.79. The predicted octanol–water partition coefficient (Wildman–Crippen LogP) is 3.39. The first-order valence-electron chi connectivity index (χ1n) is 10.7. The van der Waals surface area contributed by atoms with Crippen molar-refractivity contribution in [3.05, 3.63) is 54.1 Å². The van der Waals surface area contributed by atoms with Crippen LogP contribution in [0.4, 0.5) is 16.2 Å². The molecule has 0 bridgehead atoms. The minimum Gasteiger partial charge on any atom is -0.497 e. The van der Waals surface area contributed by atoms with E-state index in [-0.39, 0.29) is 12.3 Å². The Morgan fingerprint density at radius 3 is 2.40 bits per heavy atom. The molecule has 0 aromatic heterocycles. The molecule has 2 aromatic carbocycles. The Hall–Kier alpha value is -2.77. The van der Waals surface area contributed by atoms with E-state index in [9.17, 15) is 4.79 Å². The molecule has 2 aliphatic heterocycles. The van der Waals surface area contributed by atoms with Crippen molar-refractivity contribution < 1.29 is 9.53 Å². The first kappa shape index (κ1) is 20.5. The third-order valence-corrected chi connectivity index (χ3v) is 5.79. The number of nitrogens with one attached hydrogen (secondary N) is 4. The van der Waals surface area contributed by atoms with Crippen molar-refractivity contribution in [2.24, 2.45) is 0 Å². The molecule has 2 aromatic rings. The Labute approximate surface area is 178 Å². The highest BCUT2D eigenvalue weighted by atomic mass is 16.5. The maximum absolute atomic E-state index is 12.4. The van der Waals surface area contributed by atoms with Gasteiger partial charge in [-0.05, 0) is 55.2 Å². The summed E-state index contributed by atoms with van der Waals surface area (Å²) >= 11 is 0. The van der Waals surface area contributed by atoms with Gasteiger partial charge in [0.05, 0.1) is 7.11 Å². The van der Waals surface area contributed by atoms with Crippen LogP contribution in [0.5, 0.6) is 5.75 Å². The van der Waals surface area contributed by atoms with Crippen LogP contribution in [0.25, 0.3) is 0 Å². The summed E-state index contributed by atoms with van der Waals surface area (Å²) in [5.74, 6) is 1.28. The fourth-order valence-corrected chi connectivity index (χ4v) is 4.03. The van der Waals surface area contributed by atoms with Crippen molar-refractivity contribution in [1.82, 2.24) is 15.5 Å². The summed E-state index contributed by atoms with van der Waals surface area (Å²) in [6, 6.07) is 16.1. The van der Waals surface area contributed by atoms with Gasteiger partial charge in [-0.25, -0.2) is 4.79 Å². The van der Waals surface area contributed by atoms with Crippen LogP contribution in [0.2, 0.25) is 0 Å². The van der Waals surface area contributed by atoms with E-state index in [4.69, 9.17) is 4.74 Å². The zero-order valence-corrected chi connectivity index (χ0v) is 17.5. The highest BCUT2D eigenvalue weighted by Gasteiger charge is 2.21. The molecule has 7 heteroatoms. The number of hydrogen-bond donors (Lipinski definition) is 4. The van der Waals surface area contributed by atoms with Crippen LogP contribution in [0.15, 0.2) is 48.5 Å². The molecule has 7 nitrogen and oxygen atoms in total. The van der Waals surface area contributed by atoms with Gasteiger partial charge in [-0.3, -0.25) is 10.6 Å². The molecule has 0 atom stereocenters. The number of piperidine rings is 1. The molecule has 4 rings (SSSR count). The lowest BCUT2D eigenvalue weighted by Crippen LogP contribution is -2.55. The van der Waals surface area contributed by atoms with Gasteiger partial charge in [0.2, 0.25) is 0 Å². The Bertz CT molecular complexity index is 828. The molecule has 0 radical (unpaired) electrons. The standard InChI is InChI=1S/C23H31N5O2/c1-30-21-10-8-17(9-11-21)18-15-24-22(25-16-18)26-19-6-5-7-20(14-19)27-23(29)28-12-3-2-4-13-28/h5-11,14,18,22,24-26H,2-4,12-13,15-16H2,1H3,(H,27,29). The number of likely N-dealkylation sites (tertiary alicyclic amines) is 1. The highest BCUT2D eigenvalue weighted by Crippen LogP contribution is 2.21.